The third kappa shape index (κ3) is 7.81. The Labute approximate surface area is 294 Å². The van der Waals surface area contributed by atoms with Crippen LogP contribution in [-0.2, 0) is 36.8 Å². The van der Waals surface area contributed by atoms with E-state index < -0.39 is 24.1 Å². The minimum atomic E-state index is -0.834. The lowest BCUT2D eigenvalue weighted by atomic mass is 9.77. The molecule has 1 heterocycles. The predicted octanol–water partition coefficient (Wildman–Crippen LogP) is 7.71. The average molecular weight is 685 g/mol. The minimum Gasteiger partial charge on any atom is -0.489 e. The maximum atomic E-state index is 14.2. The van der Waals surface area contributed by atoms with Crippen LogP contribution < -0.4 is 14.2 Å². The van der Waals surface area contributed by atoms with Gasteiger partial charge in [-0.05, 0) is 68.7 Å². The van der Waals surface area contributed by atoms with Crippen molar-refractivity contribution < 1.29 is 42.7 Å². The maximum absolute atomic E-state index is 14.2. The molecule has 0 N–H and O–H groups in total. The number of ether oxygens (including phenoxy) is 7. The molecule has 0 aromatic heterocycles. The van der Waals surface area contributed by atoms with Gasteiger partial charge >= 0.3 is 0 Å². The second-order valence-electron chi connectivity index (χ2n) is 13.2. The highest BCUT2D eigenvalue weighted by Crippen LogP contribution is 2.46. The van der Waals surface area contributed by atoms with Crippen molar-refractivity contribution in [2.75, 3.05) is 27.1 Å². The summed E-state index contributed by atoms with van der Waals surface area (Å²) < 4.78 is 43.0. The third-order valence-corrected chi connectivity index (χ3v) is 9.75. The molecule has 2 aliphatic carbocycles. The summed E-state index contributed by atoms with van der Waals surface area (Å²) in [7, 11) is 1.53. The van der Waals surface area contributed by atoms with E-state index in [9.17, 15) is 9.59 Å². The Kier molecular flexibility index (Phi) is 11.7. The van der Waals surface area contributed by atoms with Gasteiger partial charge in [0.25, 0.3) is 0 Å². The Hall–Kier alpha value is -4.02. The van der Waals surface area contributed by atoms with Crippen molar-refractivity contribution in [3.05, 3.63) is 89.5 Å². The Morgan fingerprint density at radius 2 is 1.70 bits per heavy atom. The summed E-state index contributed by atoms with van der Waals surface area (Å²) in [5.41, 5.74) is 2.31. The maximum Gasteiger partial charge on any atom is 0.193 e. The highest BCUT2D eigenvalue weighted by molar-refractivity contribution is 6.09. The van der Waals surface area contributed by atoms with Gasteiger partial charge in [0.05, 0.1) is 23.7 Å². The molecule has 1 spiro atoms. The molecule has 266 valence electrons. The van der Waals surface area contributed by atoms with Crippen LogP contribution in [0.2, 0.25) is 0 Å². The summed E-state index contributed by atoms with van der Waals surface area (Å²) in [6.07, 6.45) is 9.81. The fourth-order valence-electron chi connectivity index (χ4n) is 7.42. The van der Waals surface area contributed by atoms with Crippen LogP contribution in [-0.4, -0.2) is 62.8 Å². The molecule has 0 bridgehead atoms. The highest BCUT2D eigenvalue weighted by atomic mass is 16.8. The van der Waals surface area contributed by atoms with Crippen LogP contribution in [0.3, 0.4) is 0 Å². The number of carbonyl (C=O) groups is 2. The Bertz CT molecular complexity index is 1710. The van der Waals surface area contributed by atoms with E-state index >= 15 is 0 Å². The summed E-state index contributed by atoms with van der Waals surface area (Å²) in [6.45, 7) is 6.75. The van der Waals surface area contributed by atoms with Crippen LogP contribution in [0.5, 0.6) is 17.2 Å². The van der Waals surface area contributed by atoms with E-state index in [1.165, 1.54) is 7.11 Å². The second kappa shape index (κ2) is 16.3. The first-order chi connectivity index (χ1) is 24.4. The van der Waals surface area contributed by atoms with Gasteiger partial charge in [-0.25, -0.2) is 0 Å². The Morgan fingerprint density at radius 1 is 0.960 bits per heavy atom. The lowest BCUT2D eigenvalue weighted by Gasteiger charge is -2.32. The zero-order valence-corrected chi connectivity index (χ0v) is 29.5. The molecule has 1 aliphatic heterocycles. The van der Waals surface area contributed by atoms with Crippen molar-refractivity contribution >= 4 is 22.3 Å². The molecule has 50 heavy (non-hydrogen) atoms. The topological polar surface area (TPSA) is 98.8 Å². The first-order valence-corrected chi connectivity index (χ1v) is 17.7. The molecule has 1 saturated carbocycles. The summed E-state index contributed by atoms with van der Waals surface area (Å²) in [5, 5.41) is 1.45. The number of hydrogen-bond acceptors (Lipinski definition) is 9. The monoisotopic (exact) mass is 684 g/mol. The van der Waals surface area contributed by atoms with Crippen molar-refractivity contribution in [1.29, 1.82) is 0 Å². The number of ketones is 2. The summed E-state index contributed by atoms with van der Waals surface area (Å²) >= 11 is 0. The standard InChI is InChI=1S/C41H48O9/c1-5-7-18-46-32-22-30-20-29-21-31(39(44-4)37(43)38-27(3)49-41(50-38)16-12-13-17-41)23-33(42)35(29)40(47-19-8-6-2)36(30)34(24-32)48-26-45-25-28-14-10-9-11-15-28/h5-11,14-15,20,22,24,27,31,38-39H,12-13,16-19,21,23,25-26H2,1-4H3/b7-5+,8-6+/t27-,31-,38+,39+/m1/s1. The van der Waals surface area contributed by atoms with E-state index in [4.69, 9.17) is 33.2 Å². The van der Waals surface area contributed by atoms with Crippen LogP contribution in [0.1, 0.15) is 74.4 Å². The molecule has 0 amide bonds. The normalized spacial score (nSPS) is 22.1. The zero-order chi connectivity index (χ0) is 35.1. The van der Waals surface area contributed by atoms with Gasteiger partial charge < -0.3 is 33.2 Å². The minimum absolute atomic E-state index is 0.0198. The Morgan fingerprint density at radius 3 is 2.42 bits per heavy atom. The lowest BCUT2D eigenvalue weighted by molar-refractivity contribution is -0.175. The van der Waals surface area contributed by atoms with Gasteiger partial charge in [-0.3, -0.25) is 9.59 Å². The molecule has 3 aromatic carbocycles. The largest absolute Gasteiger partial charge is 0.489 e. The van der Waals surface area contributed by atoms with Gasteiger partial charge in [-0.1, -0.05) is 54.6 Å². The number of Topliss-reactive ketones (excluding diaryl/α,β-unsaturated/α-hetero) is 2. The van der Waals surface area contributed by atoms with Crippen molar-refractivity contribution in [2.24, 2.45) is 5.92 Å². The summed E-state index contributed by atoms with van der Waals surface area (Å²) in [4.78, 5) is 28.2. The van der Waals surface area contributed by atoms with Crippen molar-refractivity contribution in [2.45, 2.75) is 90.0 Å². The first kappa shape index (κ1) is 35.8. The fraction of sp³-hybridized carbons (Fsp3) is 0.463. The lowest BCUT2D eigenvalue weighted by Crippen LogP contribution is -2.45. The number of fused-ring (bicyclic) bond motifs is 2. The van der Waals surface area contributed by atoms with E-state index in [1.54, 1.807) is 0 Å². The molecule has 3 aromatic rings. The van der Waals surface area contributed by atoms with Crippen molar-refractivity contribution in [1.82, 2.24) is 0 Å². The van der Waals surface area contributed by atoms with Crippen molar-refractivity contribution in [3.63, 3.8) is 0 Å². The molecule has 4 atom stereocenters. The van der Waals surface area contributed by atoms with Gasteiger partial charge in [-0.15, -0.1) is 0 Å². The third-order valence-electron chi connectivity index (χ3n) is 9.75. The van der Waals surface area contributed by atoms with Crippen LogP contribution in [0, 0.1) is 5.92 Å². The average Bonchev–Trinajstić information content (AvgIpc) is 3.71. The quantitative estimate of drug-likeness (QED) is 0.0906. The van der Waals surface area contributed by atoms with Crippen LogP contribution in [0.4, 0.5) is 0 Å². The molecule has 9 nitrogen and oxygen atoms in total. The molecule has 1 saturated heterocycles. The smallest absolute Gasteiger partial charge is 0.193 e. The molecule has 0 radical (unpaired) electrons. The fourth-order valence-corrected chi connectivity index (χ4v) is 7.42. The zero-order valence-electron chi connectivity index (χ0n) is 29.5. The van der Waals surface area contributed by atoms with Gasteiger partial charge in [0.1, 0.15) is 42.7 Å². The van der Waals surface area contributed by atoms with Crippen molar-refractivity contribution in [3.8, 4) is 17.2 Å². The van der Waals surface area contributed by atoms with E-state index in [1.807, 2.05) is 93.6 Å². The summed E-state index contributed by atoms with van der Waals surface area (Å²) in [5.74, 6) is 0.155. The number of benzene rings is 3. The predicted molar refractivity (Wildman–Crippen MR) is 190 cm³/mol. The number of rotatable bonds is 15. The number of methoxy groups -OCH3 is 1. The van der Waals surface area contributed by atoms with Gasteiger partial charge in [0, 0.05) is 38.4 Å². The first-order valence-electron chi connectivity index (χ1n) is 17.7. The van der Waals surface area contributed by atoms with Crippen LogP contribution in [0.25, 0.3) is 10.8 Å². The Balaban J connectivity index is 1.33. The summed E-state index contributed by atoms with van der Waals surface area (Å²) in [6, 6.07) is 15.6. The van der Waals surface area contributed by atoms with E-state index in [0.717, 1.165) is 42.2 Å². The van der Waals surface area contributed by atoms with Crippen LogP contribution in [0.15, 0.2) is 72.8 Å². The van der Waals surface area contributed by atoms with E-state index in [-0.39, 0.29) is 37.3 Å². The number of allylic oxidation sites excluding steroid dienone is 2. The number of carbonyl (C=O) groups excluding carboxylic acids is 2. The number of hydrogen-bond donors (Lipinski definition) is 0. The molecular weight excluding hydrogens is 636 g/mol. The van der Waals surface area contributed by atoms with E-state index in [2.05, 4.69) is 0 Å². The molecule has 0 unspecified atom stereocenters. The highest BCUT2D eigenvalue weighted by Gasteiger charge is 2.52. The SMILES string of the molecule is C/C=C/COc1cc(OCOCc2ccccc2)c2c(OC/C=C/C)c3c(cc2c1)C[C@@H]([C@H](OC)C(=O)[C@H]1OC2(CCCC2)O[C@@H]1C)CC3=O. The van der Waals surface area contributed by atoms with Gasteiger partial charge in [0.15, 0.2) is 24.1 Å². The van der Waals surface area contributed by atoms with Crippen LogP contribution >= 0.6 is 0 Å². The van der Waals surface area contributed by atoms with Gasteiger partial charge in [0.2, 0.25) is 0 Å². The second-order valence-corrected chi connectivity index (χ2v) is 13.2. The molecular formula is C41H48O9. The molecule has 2 fully saturated rings. The molecule has 6 rings (SSSR count). The molecule has 9 heteroatoms. The van der Waals surface area contributed by atoms with E-state index in [0.29, 0.717) is 47.8 Å². The molecule has 3 aliphatic rings. The van der Waals surface area contributed by atoms with Gasteiger partial charge in [-0.2, -0.15) is 0 Å².